The number of hydrogen-bond donors (Lipinski definition) is 0. The Morgan fingerprint density at radius 1 is 1.30 bits per heavy atom. The second-order valence-corrected chi connectivity index (χ2v) is 6.47. The molecule has 2 heterocycles. The standard InChI is InChI=1S/C19H26N2O2/c1-3-4-18-13-22-19(23-18,14-21-12-11-20-15-21)10-9-17-7-5-16(2)6-8-17/h5-8,11-12,15,18H,3-4,9-10,13-14H2,1-2H3. The van der Waals surface area contributed by atoms with Crippen molar-refractivity contribution >= 4 is 0 Å². The number of aromatic nitrogens is 2. The molecule has 2 unspecified atom stereocenters. The van der Waals surface area contributed by atoms with Gasteiger partial charge in [-0.3, -0.25) is 0 Å². The van der Waals surface area contributed by atoms with Gasteiger partial charge in [0.25, 0.3) is 0 Å². The van der Waals surface area contributed by atoms with Crippen molar-refractivity contribution in [2.75, 3.05) is 6.61 Å². The fourth-order valence-corrected chi connectivity index (χ4v) is 3.12. The summed E-state index contributed by atoms with van der Waals surface area (Å²) in [7, 11) is 0. The summed E-state index contributed by atoms with van der Waals surface area (Å²) in [6.07, 6.45) is 9.78. The van der Waals surface area contributed by atoms with E-state index in [1.54, 1.807) is 6.20 Å². The number of imidazole rings is 1. The zero-order valence-electron chi connectivity index (χ0n) is 14.1. The fourth-order valence-electron chi connectivity index (χ4n) is 3.12. The molecule has 0 saturated carbocycles. The highest BCUT2D eigenvalue weighted by Gasteiger charge is 2.41. The molecule has 0 aliphatic carbocycles. The first-order chi connectivity index (χ1) is 11.2. The smallest absolute Gasteiger partial charge is 0.187 e. The Morgan fingerprint density at radius 3 is 2.83 bits per heavy atom. The molecule has 2 atom stereocenters. The molecule has 1 fully saturated rings. The molecule has 1 saturated heterocycles. The first kappa shape index (κ1) is 16.2. The van der Waals surface area contributed by atoms with E-state index in [1.165, 1.54) is 11.1 Å². The van der Waals surface area contributed by atoms with Gasteiger partial charge in [-0.15, -0.1) is 0 Å². The van der Waals surface area contributed by atoms with Crippen LogP contribution in [0, 0.1) is 6.92 Å². The Kier molecular flexibility index (Phi) is 5.13. The van der Waals surface area contributed by atoms with E-state index in [1.807, 2.05) is 17.1 Å². The molecule has 124 valence electrons. The zero-order chi connectivity index (χ0) is 16.1. The van der Waals surface area contributed by atoms with Crippen molar-refractivity contribution in [3.63, 3.8) is 0 Å². The minimum absolute atomic E-state index is 0.210. The summed E-state index contributed by atoms with van der Waals surface area (Å²) in [6.45, 7) is 5.68. The average molecular weight is 314 g/mol. The third-order valence-electron chi connectivity index (χ3n) is 4.42. The van der Waals surface area contributed by atoms with Crippen LogP contribution in [-0.4, -0.2) is 28.0 Å². The van der Waals surface area contributed by atoms with E-state index >= 15 is 0 Å². The minimum Gasteiger partial charge on any atom is -0.345 e. The van der Waals surface area contributed by atoms with E-state index < -0.39 is 5.79 Å². The maximum atomic E-state index is 6.34. The molecule has 4 nitrogen and oxygen atoms in total. The van der Waals surface area contributed by atoms with Crippen LogP contribution in [0.1, 0.15) is 37.3 Å². The van der Waals surface area contributed by atoms with Crippen LogP contribution in [0.25, 0.3) is 0 Å². The van der Waals surface area contributed by atoms with Gasteiger partial charge in [-0.25, -0.2) is 4.98 Å². The second kappa shape index (κ2) is 7.28. The van der Waals surface area contributed by atoms with Crippen molar-refractivity contribution in [2.45, 2.75) is 58.0 Å². The molecular weight excluding hydrogens is 288 g/mol. The van der Waals surface area contributed by atoms with Gasteiger partial charge in [-0.2, -0.15) is 0 Å². The number of aryl methyl sites for hydroxylation is 2. The molecule has 0 radical (unpaired) electrons. The van der Waals surface area contributed by atoms with Crippen molar-refractivity contribution in [1.82, 2.24) is 9.55 Å². The Labute approximate surface area is 138 Å². The topological polar surface area (TPSA) is 36.3 Å². The van der Waals surface area contributed by atoms with E-state index in [9.17, 15) is 0 Å². The molecule has 0 amide bonds. The van der Waals surface area contributed by atoms with E-state index in [0.717, 1.165) is 25.7 Å². The highest BCUT2D eigenvalue weighted by atomic mass is 16.7. The Morgan fingerprint density at radius 2 is 2.13 bits per heavy atom. The van der Waals surface area contributed by atoms with Crippen LogP contribution in [0.2, 0.25) is 0 Å². The van der Waals surface area contributed by atoms with Gasteiger partial charge < -0.3 is 14.0 Å². The van der Waals surface area contributed by atoms with Gasteiger partial charge in [0, 0.05) is 18.8 Å². The van der Waals surface area contributed by atoms with Crippen LogP contribution >= 0.6 is 0 Å². The lowest BCUT2D eigenvalue weighted by Gasteiger charge is -2.28. The highest BCUT2D eigenvalue weighted by molar-refractivity contribution is 5.21. The van der Waals surface area contributed by atoms with Crippen molar-refractivity contribution < 1.29 is 9.47 Å². The largest absolute Gasteiger partial charge is 0.345 e. The fraction of sp³-hybridized carbons (Fsp3) is 0.526. The predicted molar refractivity (Wildman–Crippen MR) is 90.2 cm³/mol. The van der Waals surface area contributed by atoms with Crippen molar-refractivity contribution in [3.05, 3.63) is 54.1 Å². The average Bonchev–Trinajstić information content (AvgIpc) is 3.18. The van der Waals surface area contributed by atoms with Crippen molar-refractivity contribution in [1.29, 1.82) is 0 Å². The predicted octanol–water partition coefficient (Wildman–Crippen LogP) is 3.74. The first-order valence-electron chi connectivity index (χ1n) is 8.52. The van der Waals surface area contributed by atoms with Gasteiger partial charge in [-0.1, -0.05) is 43.2 Å². The van der Waals surface area contributed by atoms with E-state index in [0.29, 0.717) is 13.2 Å². The van der Waals surface area contributed by atoms with Crippen molar-refractivity contribution in [2.24, 2.45) is 0 Å². The molecule has 0 bridgehead atoms. The number of benzene rings is 1. The maximum absolute atomic E-state index is 6.34. The van der Waals surface area contributed by atoms with E-state index in [4.69, 9.17) is 9.47 Å². The minimum atomic E-state index is -0.536. The van der Waals surface area contributed by atoms with E-state index in [-0.39, 0.29) is 6.10 Å². The van der Waals surface area contributed by atoms with Crippen LogP contribution in [-0.2, 0) is 22.4 Å². The zero-order valence-corrected chi connectivity index (χ0v) is 14.1. The number of nitrogens with zero attached hydrogens (tertiary/aromatic N) is 2. The second-order valence-electron chi connectivity index (χ2n) is 6.47. The number of ether oxygens (including phenoxy) is 2. The molecule has 1 aromatic heterocycles. The first-order valence-corrected chi connectivity index (χ1v) is 8.52. The molecule has 1 aliphatic rings. The Bertz CT molecular complexity index is 594. The quantitative estimate of drug-likeness (QED) is 0.781. The molecule has 4 heteroatoms. The molecular formula is C19H26N2O2. The third kappa shape index (κ3) is 4.21. The molecule has 1 aromatic carbocycles. The number of hydrogen-bond acceptors (Lipinski definition) is 3. The molecule has 3 rings (SSSR count). The lowest BCUT2D eigenvalue weighted by atomic mass is 10.0. The molecule has 2 aromatic rings. The van der Waals surface area contributed by atoms with Gasteiger partial charge in [-0.05, 0) is 25.3 Å². The maximum Gasteiger partial charge on any atom is 0.187 e. The van der Waals surface area contributed by atoms with Crippen molar-refractivity contribution in [3.8, 4) is 0 Å². The van der Waals surface area contributed by atoms with Crippen LogP contribution in [0.5, 0.6) is 0 Å². The van der Waals surface area contributed by atoms with Gasteiger partial charge >= 0.3 is 0 Å². The molecule has 0 N–H and O–H groups in total. The highest BCUT2D eigenvalue weighted by Crippen LogP contribution is 2.32. The van der Waals surface area contributed by atoms with Crippen LogP contribution in [0.3, 0.4) is 0 Å². The van der Waals surface area contributed by atoms with Gasteiger partial charge in [0.05, 0.1) is 25.6 Å². The normalized spacial score (nSPS) is 24.2. The third-order valence-corrected chi connectivity index (χ3v) is 4.42. The summed E-state index contributed by atoms with van der Waals surface area (Å²) < 4.78 is 14.5. The monoisotopic (exact) mass is 314 g/mol. The summed E-state index contributed by atoms with van der Waals surface area (Å²) in [6, 6.07) is 8.71. The van der Waals surface area contributed by atoms with Crippen LogP contribution in [0.15, 0.2) is 43.0 Å². The lowest BCUT2D eigenvalue weighted by Crippen LogP contribution is -2.36. The van der Waals surface area contributed by atoms with E-state index in [2.05, 4.69) is 43.1 Å². The molecule has 0 spiro atoms. The summed E-state index contributed by atoms with van der Waals surface area (Å²) in [5, 5.41) is 0. The molecule has 23 heavy (non-hydrogen) atoms. The van der Waals surface area contributed by atoms with Crippen LogP contribution < -0.4 is 0 Å². The van der Waals surface area contributed by atoms with Gasteiger partial charge in [0.2, 0.25) is 0 Å². The SMILES string of the molecule is CCCC1COC(CCc2ccc(C)cc2)(Cn2ccnc2)O1. The number of rotatable bonds is 7. The summed E-state index contributed by atoms with van der Waals surface area (Å²) in [5.74, 6) is -0.536. The Hall–Kier alpha value is -1.65. The summed E-state index contributed by atoms with van der Waals surface area (Å²) in [5.41, 5.74) is 2.62. The lowest BCUT2D eigenvalue weighted by molar-refractivity contribution is -0.182. The Balaban J connectivity index is 1.69. The van der Waals surface area contributed by atoms with Gasteiger partial charge in [0.15, 0.2) is 5.79 Å². The van der Waals surface area contributed by atoms with Gasteiger partial charge in [0.1, 0.15) is 0 Å². The van der Waals surface area contributed by atoms with Crippen LogP contribution in [0.4, 0.5) is 0 Å². The summed E-state index contributed by atoms with van der Waals surface area (Å²) >= 11 is 0. The summed E-state index contributed by atoms with van der Waals surface area (Å²) in [4.78, 5) is 4.13. The molecule has 1 aliphatic heterocycles.